The molecule has 0 aliphatic rings. The van der Waals surface area contributed by atoms with E-state index >= 15 is 0 Å². The van der Waals surface area contributed by atoms with Crippen molar-refractivity contribution in [3.63, 3.8) is 0 Å². The summed E-state index contributed by atoms with van der Waals surface area (Å²) in [5.74, 6) is 1.87. The Morgan fingerprint density at radius 3 is 2.59 bits per heavy atom. The Hall–Kier alpha value is -2.96. The summed E-state index contributed by atoms with van der Waals surface area (Å²) in [6.45, 7) is 0.534. The van der Waals surface area contributed by atoms with E-state index in [4.69, 9.17) is 26.2 Å². The fraction of sp³-hybridized carbons (Fsp3) is 0.259. The third kappa shape index (κ3) is 8.43. The van der Waals surface area contributed by atoms with Gasteiger partial charge in [-0.1, -0.05) is 41.9 Å². The quantitative estimate of drug-likeness (QED) is 0.210. The number of hydrogen-bond donors (Lipinski definition) is 1. The molecule has 7 heteroatoms. The van der Waals surface area contributed by atoms with E-state index in [0.717, 1.165) is 53.1 Å². The number of hydrogen-bond acceptors (Lipinski definition) is 5. The number of aromatic nitrogens is 1. The molecule has 0 aliphatic carbocycles. The van der Waals surface area contributed by atoms with E-state index in [-0.39, 0.29) is 0 Å². The van der Waals surface area contributed by atoms with Gasteiger partial charge in [0.2, 0.25) is 0 Å². The van der Waals surface area contributed by atoms with E-state index in [0.29, 0.717) is 23.8 Å². The lowest BCUT2D eigenvalue weighted by Crippen LogP contribution is -2.02. The minimum absolute atomic E-state index is 0.522. The van der Waals surface area contributed by atoms with Gasteiger partial charge in [-0.25, -0.2) is 9.78 Å². The van der Waals surface area contributed by atoms with Gasteiger partial charge in [0.05, 0.1) is 19.4 Å². The number of methoxy groups -OCH3 is 1. The Morgan fingerprint density at radius 2 is 1.85 bits per heavy atom. The standard InChI is InChI=1S/C27H28ClNO4S/c1-32-23-12-9-20(10-13-23)6-4-5-17-33-26-15-11-22(29-25(26)14-16-27(30)31)19-34-18-21-7-2-3-8-24(21)28/h2-3,7-16H,4-6,17-19H2,1H3,(H,30,31). The molecular weight excluding hydrogens is 470 g/mol. The molecule has 178 valence electrons. The molecule has 0 unspecified atom stereocenters. The van der Waals surface area contributed by atoms with Crippen LogP contribution in [0.3, 0.4) is 0 Å². The summed E-state index contributed by atoms with van der Waals surface area (Å²) in [4.78, 5) is 15.6. The number of thioether (sulfide) groups is 1. The summed E-state index contributed by atoms with van der Waals surface area (Å²) >= 11 is 7.93. The van der Waals surface area contributed by atoms with Crippen LogP contribution in [0.1, 0.15) is 35.4 Å². The molecule has 0 bridgehead atoms. The van der Waals surface area contributed by atoms with Crippen molar-refractivity contribution in [2.24, 2.45) is 0 Å². The van der Waals surface area contributed by atoms with Gasteiger partial charge < -0.3 is 14.6 Å². The van der Waals surface area contributed by atoms with Gasteiger partial charge in [0.15, 0.2) is 0 Å². The molecule has 0 saturated carbocycles. The van der Waals surface area contributed by atoms with E-state index in [9.17, 15) is 4.79 Å². The number of carboxylic acid groups (broad SMARTS) is 1. The molecule has 34 heavy (non-hydrogen) atoms. The highest BCUT2D eigenvalue weighted by Crippen LogP contribution is 2.25. The number of nitrogens with zero attached hydrogens (tertiary/aromatic N) is 1. The molecule has 0 amide bonds. The van der Waals surface area contributed by atoms with Crippen molar-refractivity contribution in [3.05, 3.63) is 94.3 Å². The first-order valence-corrected chi connectivity index (χ1v) is 12.6. The minimum atomic E-state index is -1.02. The van der Waals surface area contributed by atoms with Crippen molar-refractivity contribution in [2.75, 3.05) is 13.7 Å². The van der Waals surface area contributed by atoms with Gasteiger partial charge in [-0.3, -0.25) is 0 Å². The highest BCUT2D eigenvalue weighted by atomic mass is 35.5. The van der Waals surface area contributed by atoms with E-state index < -0.39 is 5.97 Å². The summed E-state index contributed by atoms with van der Waals surface area (Å²) in [5.41, 5.74) is 3.71. The predicted molar refractivity (Wildman–Crippen MR) is 139 cm³/mol. The van der Waals surface area contributed by atoms with Gasteiger partial charge in [-0.15, -0.1) is 0 Å². The lowest BCUT2D eigenvalue weighted by Gasteiger charge is -2.11. The summed E-state index contributed by atoms with van der Waals surface area (Å²) in [6, 6.07) is 19.6. The Kier molecular flexibility index (Phi) is 10.3. The zero-order valence-electron chi connectivity index (χ0n) is 19.1. The number of aryl methyl sites for hydroxylation is 1. The Morgan fingerprint density at radius 1 is 1.06 bits per heavy atom. The molecular formula is C27H28ClNO4S. The largest absolute Gasteiger partial charge is 0.497 e. The second-order valence-electron chi connectivity index (χ2n) is 7.60. The minimum Gasteiger partial charge on any atom is -0.497 e. The molecule has 0 fully saturated rings. The number of rotatable bonds is 13. The number of halogens is 1. The number of pyridine rings is 1. The first-order valence-electron chi connectivity index (χ1n) is 11.0. The number of carboxylic acids is 1. The first kappa shape index (κ1) is 25.7. The summed E-state index contributed by atoms with van der Waals surface area (Å²) in [6.07, 6.45) is 5.39. The van der Waals surface area contributed by atoms with Gasteiger partial charge in [0, 0.05) is 22.6 Å². The number of aliphatic carboxylic acids is 1. The first-order chi connectivity index (χ1) is 16.5. The number of benzene rings is 2. The normalized spacial score (nSPS) is 11.0. The van der Waals surface area contributed by atoms with Crippen LogP contribution in [0.4, 0.5) is 0 Å². The van der Waals surface area contributed by atoms with E-state index in [1.165, 1.54) is 11.6 Å². The summed E-state index contributed by atoms with van der Waals surface area (Å²) in [5, 5.41) is 9.79. The van der Waals surface area contributed by atoms with E-state index in [1.807, 2.05) is 48.5 Å². The molecule has 0 aliphatic heterocycles. The molecule has 1 heterocycles. The maximum Gasteiger partial charge on any atom is 0.328 e. The monoisotopic (exact) mass is 497 g/mol. The predicted octanol–water partition coefficient (Wildman–Crippen LogP) is 6.68. The van der Waals surface area contributed by atoms with E-state index in [1.54, 1.807) is 18.9 Å². The molecule has 5 nitrogen and oxygen atoms in total. The van der Waals surface area contributed by atoms with Crippen LogP contribution >= 0.6 is 23.4 Å². The van der Waals surface area contributed by atoms with E-state index in [2.05, 4.69) is 17.1 Å². The molecule has 3 rings (SSSR count). The average Bonchev–Trinajstić information content (AvgIpc) is 2.85. The van der Waals surface area contributed by atoms with Crippen LogP contribution in [0.2, 0.25) is 5.02 Å². The van der Waals surface area contributed by atoms with Gasteiger partial charge >= 0.3 is 5.97 Å². The lowest BCUT2D eigenvalue weighted by atomic mass is 10.1. The van der Waals surface area contributed by atoms with Crippen molar-refractivity contribution in [1.82, 2.24) is 4.98 Å². The maximum atomic E-state index is 11.0. The number of ether oxygens (including phenoxy) is 2. The summed E-state index contributed by atoms with van der Waals surface area (Å²) < 4.78 is 11.1. The zero-order valence-corrected chi connectivity index (χ0v) is 20.6. The number of carbonyl (C=O) groups is 1. The number of unbranched alkanes of at least 4 members (excludes halogenated alkanes) is 1. The second kappa shape index (κ2) is 13.7. The van der Waals surface area contributed by atoms with Gasteiger partial charge in [0.25, 0.3) is 0 Å². The van der Waals surface area contributed by atoms with Crippen LogP contribution in [0, 0.1) is 0 Å². The Labute approximate surface area is 209 Å². The average molecular weight is 498 g/mol. The van der Waals surface area contributed by atoms with Gasteiger partial charge in [-0.05, 0) is 66.8 Å². The molecule has 2 aromatic carbocycles. The molecule has 0 atom stereocenters. The molecule has 1 N–H and O–H groups in total. The molecule has 3 aromatic rings. The molecule has 0 saturated heterocycles. The fourth-order valence-electron chi connectivity index (χ4n) is 3.26. The van der Waals surface area contributed by atoms with Gasteiger partial charge in [0.1, 0.15) is 17.2 Å². The second-order valence-corrected chi connectivity index (χ2v) is 8.99. The fourth-order valence-corrected chi connectivity index (χ4v) is 4.49. The van der Waals surface area contributed by atoms with Crippen LogP contribution < -0.4 is 9.47 Å². The Bertz CT molecular complexity index is 1100. The SMILES string of the molecule is COc1ccc(CCCCOc2ccc(CSCc3ccccc3Cl)nc2C=CC(=O)O)cc1. The van der Waals surface area contributed by atoms with Crippen LogP contribution in [0.15, 0.2) is 66.7 Å². The van der Waals surface area contributed by atoms with Crippen molar-refractivity contribution in [1.29, 1.82) is 0 Å². The van der Waals surface area contributed by atoms with Crippen LogP contribution in [-0.2, 0) is 22.7 Å². The smallest absolute Gasteiger partial charge is 0.328 e. The summed E-state index contributed by atoms with van der Waals surface area (Å²) in [7, 11) is 1.66. The van der Waals surface area contributed by atoms with Crippen LogP contribution in [0.5, 0.6) is 11.5 Å². The van der Waals surface area contributed by atoms with Crippen molar-refractivity contribution in [3.8, 4) is 11.5 Å². The van der Waals surface area contributed by atoms with Crippen LogP contribution in [-0.4, -0.2) is 29.8 Å². The van der Waals surface area contributed by atoms with Crippen molar-refractivity contribution in [2.45, 2.75) is 30.8 Å². The topological polar surface area (TPSA) is 68.7 Å². The zero-order chi connectivity index (χ0) is 24.2. The highest BCUT2D eigenvalue weighted by Gasteiger charge is 2.07. The molecule has 0 spiro atoms. The van der Waals surface area contributed by atoms with Gasteiger partial charge in [-0.2, -0.15) is 11.8 Å². The molecule has 1 aromatic heterocycles. The third-order valence-corrected chi connectivity index (χ3v) is 6.45. The molecule has 0 radical (unpaired) electrons. The van der Waals surface area contributed by atoms with Crippen LogP contribution in [0.25, 0.3) is 6.08 Å². The highest BCUT2D eigenvalue weighted by molar-refractivity contribution is 7.97. The Balaban J connectivity index is 1.53. The maximum absolute atomic E-state index is 11.0. The third-order valence-electron chi connectivity index (χ3n) is 5.07. The lowest BCUT2D eigenvalue weighted by molar-refractivity contribution is -0.131. The van der Waals surface area contributed by atoms with Crippen molar-refractivity contribution >= 4 is 35.4 Å². The van der Waals surface area contributed by atoms with Crippen molar-refractivity contribution < 1.29 is 19.4 Å².